The summed E-state index contributed by atoms with van der Waals surface area (Å²) in [5.74, 6) is 1.48. The molecule has 1 aromatic heterocycles. The van der Waals surface area contributed by atoms with E-state index in [4.69, 9.17) is 16.7 Å². The highest BCUT2D eigenvalue weighted by atomic mass is 35.5. The zero-order chi connectivity index (χ0) is 12.4. The summed E-state index contributed by atoms with van der Waals surface area (Å²) in [4.78, 5) is 2.48. The summed E-state index contributed by atoms with van der Waals surface area (Å²) in [5.41, 5.74) is 1.22. The van der Waals surface area contributed by atoms with Gasteiger partial charge in [-0.15, -0.1) is 11.6 Å². The van der Waals surface area contributed by atoms with E-state index < -0.39 is 0 Å². The van der Waals surface area contributed by atoms with E-state index in [0.29, 0.717) is 12.0 Å². The molecule has 0 bridgehead atoms. The molecule has 0 radical (unpaired) electrons. The second kappa shape index (κ2) is 5.62. The van der Waals surface area contributed by atoms with Crippen molar-refractivity contribution in [3.8, 4) is 0 Å². The zero-order valence-corrected chi connectivity index (χ0v) is 11.6. The van der Waals surface area contributed by atoms with Crippen molar-refractivity contribution in [3.63, 3.8) is 0 Å². The van der Waals surface area contributed by atoms with Crippen molar-refractivity contribution in [3.05, 3.63) is 18.0 Å². The molecule has 2 aliphatic rings. The first-order chi connectivity index (χ1) is 8.85. The van der Waals surface area contributed by atoms with Crippen LogP contribution < -0.4 is 0 Å². The van der Waals surface area contributed by atoms with E-state index in [1.165, 1.54) is 44.3 Å². The van der Waals surface area contributed by atoms with Crippen LogP contribution in [-0.2, 0) is 6.54 Å². The highest BCUT2D eigenvalue weighted by molar-refractivity contribution is 6.18. The number of rotatable bonds is 4. The highest BCUT2D eigenvalue weighted by Crippen LogP contribution is 2.29. The van der Waals surface area contributed by atoms with E-state index in [1.807, 2.05) is 0 Å². The van der Waals surface area contributed by atoms with Crippen molar-refractivity contribution in [2.45, 2.75) is 44.7 Å². The summed E-state index contributed by atoms with van der Waals surface area (Å²) in [6.07, 6.45) is 8.75. The van der Waals surface area contributed by atoms with E-state index in [9.17, 15) is 0 Å². The van der Waals surface area contributed by atoms with Gasteiger partial charge in [0.25, 0.3) is 0 Å². The number of nitrogens with zero attached hydrogens (tertiary/aromatic N) is 3. The van der Waals surface area contributed by atoms with E-state index in [0.717, 1.165) is 19.0 Å². The molecule has 2 fully saturated rings. The maximum Gasteiger partial charge on any atom is 0.0764 e. The molecule has 1 saturated heterocycles. The Hall–Kier alpha value is -0.540. The number of alkyl halides is 1. The van der Waals surface area contributed by atoms with Crippen LogP contribution in [0.2, 0.25) is 0 Å². The van der Waals surface area contributed by atoms with Gasteiger partial charge in [-0.2, -0.15) is 5.10 Å². The molecule has 2 heterocycles. The molecule has 18 heavy (non-hydrogen) atoms. The monoisotopic (exact) mass is 267 g/mol. The second-order valence-electron chi connectivity index (χ2n) is 5.77. The maximum atomic E-state index is 5.92. The molecular weight excluding hydrogens is 246 g/mol. The fraction of sp³-hybridized carbons (Fsp3) is 0.786. The minimum absolute atomic E-state index is 0.660. The van der Waals surface area contributed by atoms with Gasteiger partial charge in [0.1, 0.15) is 0 Å². The molecule has 1 atom stereocenters. The Morgan fingerprint density at radius 2 is 2.11 bits per heavy atom. The Labute approximate surface area is 114 Å². The minimum atomic E-state index is 0.660. The molecule has 0 amide bonds. The maximum absolute atomic E-state index is 5.92. The second-order valence-corrected chi connectivity index (χ2v) is 6.08. The van der Waals surface area contributed by atoms with Crippen molar-refractivity contribution < 1.29 is 0 Å². The van der Waals surface area contributed by atoms with Gasteiger partial charge in [-0.1, -0.05) is 12.8 Å². The van der Waals surface area contributed by atoms with Gasteiger partial charge in [0.15, 0.2) is 0 Å². The lowest BCUT2D eigenvalue weighted by atomic mass is 10.2. The molecule has 1 aromatic rings. The van der Waals surface area contributed by atoms with E-state index in [-0.39, 0.29) is 0 Å². The molecule has 1 saturated carbocycles. The Morgan fingerprint density at radius 3 is 2.83 bits per heavy atom. The Bertz CT molecular complexity index is 384. The van der Waals surface area contributed by atoms with Crippen LogP contribution in [0.15, 0.2) is 12.3 Å². The fourth-order valence-electron chi connectivity index (χ4n) is 3.25. The van der Waals surface area contributed by atoms with E-state index in [1.54, 1.807) is 0 Å². The summed E-state index contributed by atoms with van der Waals surface area (Å²) >= 11 is 5.92. The van der Waals surface area contributed by atoms with Gasteiger partial charge < -0.3 is 0 Å². The molecule has 4 heteroatoms. The summed E-state index contributed by atoms with van der Waals surface area (Å²) < 4.78 is 2.19. The molecule has 0 aromatic carbocycles. The normalized spacial score (nSPS) is 26.2. The largest absolute Gasteiger partial charge is 0.297 e. The molecule has 0 N–H and O–H groups in total. The van der Waals surface area contributed by atoms with Crippen molar-refractivity contribution in [2.24, 2.45) is 5.92 Å². The average Bonchev–Trinajstić information content (AvgIpc) is 3.10. The lowest BCUT2D eigenvalue weighted by Gasteiger charge is -2.14. The summed E-state index contributed by atoms with van der Waals surface area (Å²) in [7, 11) is 0. The number of hydrogen-bond donors (Lipinski definition) is 0. The third kappa shape index (κ3) is 2.72. The van der Waals surface area contributed by atoms with Crippen molar-refractivity contribution in [1.82, 2.24) is 14.7 Å². The minimum Gasteiger partial charge on any atom is -0.297 e. The predicted octanol–water partition coefficient (Wildman–Crippen LogP) is 3.06. The van der Waals surface area contributed by atoms with Crippen LogP contribution >= 0.6 is 11.6 Å². The lowest BCUT2D eigenvalue weighted by molar-refractivity contribution is 0.314. The Kier molecular flexibility index (Phi) is 3.90. The lowest BCUT2D eigenvalue weighted by Crippen LogP contribution is -2.21. The van der Waals surface area contributed by atoms with Gasteiger partial charge in [0.05, 0.1) is 11.7 Å². The quantitative estimate of drug-likeness (QED) is 0.782. The molecule has 100 valence electrons. The first-order valence-electron chi connectivity index (χ1n) is 7.17. The first-order valence-corrected chi connectivity index (χ1v) is 7.71. The number of aromatic nitrogens is 2. The molecule has 3 rings (SSSR count). The number of likely N-dealkylation sites (tertiary alicyclic amines) is 1. The predicted molar refractivity (Wildman–Crippen MR) is 73.8 cm³/mol. The average molecular weight is 268 g/mol. The molecule has 3 nitrogen and oxygen atoms in total. The summed E-state index contributed by atoms with van der Waals surface area (Å²) in [5, 5.41) is 4.75. The van der Waals surface area contributed by atoms with Crippen LogP contribution in [0.25, 0.3) is 0 Å². The Balaban J connectivity index is 1.57. The van der Waals surface area contributed by atoms with Crippen molar-refractivity contribution in [2.75, 3.05) is 19.0 Å². The van der Waals surface area contributed by atoms with Crippen molar-refractivity contribution >= 4 is 11.6 Å². The van der Waals surface area contributed by atoms with Crippen LogP contribution in [0, 0.1) is 5.92 Å². The molecule has 0 spiro atoms. The van der Waals surface area contributed by atoms with Crippen LogP contribution in [0.1, 0.15) is 43.8 Å². The van der Waals surface area contributed by atoms with Crippen molar-refractivity contribution in [1.29, 1.82) is 0 Å². The Morgan fingerprint density at radius 1 is 1.28 bits per heavy atom. The highest BCUT2D eigenvalue weighted by Gasteiger charge is 2.23. The third-order valence-electron chi connectivity index (χ3n) is 4.34. The summed E-state index contributed by atoms with van der Waals surface area (Å²) in [6.45, 7) is 3.31. The van der Waals surface area contributed by atoms with Crippen LogP contribution in [0.5, 0.6) is 0 Å². The van der Waals surface area contributed by atoms with Crippen LogP contribution in [0.3, 0.4) is 0 Å². The first kappa shape index (κ1) is 12.5. The smallest absolute Gasteiger partial charge is 0.0764 e. The van der Waals surface area contributed by atoms with Crippen LogP contribution in [0.4, 0.5) is 0 Å². The zero-order valence-electron chi connectivity index (χ0n) is 10.9. The SMILES string of the molecule is ClCC1CCN(Cc2ccn(C3CCCC3)n2)C1. The standard InChI is InChI=1S/C14H22ClN3/c15-9-12-5-7-17(10-12)11-13-6-8-18(16-13)14-3-1-2-4-14/h6,8,12,14H,1-5,7,9-11H2. The molecule has 1 aliphatic carbocycles. The van der Waals surface area contributed by atoms with Gasteiger partial charge in [-0.25, -0.2) is 0 Å². The third-order valence-corrected chi connectivity index (χ3v) is 4.77. The van der Waals surface area contributed by atoms with E-state index >= 15 is 0 Å². The molecule has 1 aliphatic heterocycles. The molecular formula is C14H22ClN3. The van der Waals surface area contributed by atoms with Gasteiger partial charge in [-0.05, 0) is 37.8 Å². The summed E-state index contributed by atoms with van der Waals surface area (Å²) in [6, 6.07) is 2.85. The van der Waals surface area contributed by atoms with Gasteiger partial charge in [0, 0.05) is 25.2 Å². The number of halogens is 1. The molecule has 1 unspecified atom stereocenters. The van der Waals surface area contributed by atoms with E-state index in [2.05, 4.69) is 21.8 Å². The fourth-order valence-corrected chi connectivity index (χ4v) is 3.50. The van der Waals surface area contributed by atoms with Gasteiger partial charge in [-0.3, -0.25) is 9.58 Å². The number of hydrogen-bond acceptors (Lipinski definition) is 2. The van der Waals surface area contributed by atoms with Gasteiger partial charge >= 0.3 is 0 Å². The van der Waals surface area contributed by atoms with Gasteiger partial charge in [0.2, 0.25) is 0 Å². The topological polar surface area (TPSA) is 21.1 Å². The van der Waals surface area contributed by atoms with Crippen LogP contribution in [-0.4, -0.2) is 33.6 Å².